The second-order valence-electron chi connectivity index (χ2n) is 4.36. The first-order chi connectivity index (χ1) is 7.90. The molecule has 1 rings (SSSR count). The van der Waals surface area contributed by atoms with Gasteiger partial charge in [-0.2, -0.15) is 0 Å². The number of nitrogens with zero attached hydrogens (tertiary/aromatic N) is 3. The van der Waals surface area contributed by atoms with Crippen molar-refractivity contribution in [2.45, 2.75) is 0 Å². The van der Waals surface area contributed by atoms with Crippen molar-refractivity contribution in [1.29, 1.82) is 0 Å². The van der Waals surface area contributed by atoms with E-state index in [0.29, 0.717) is 0 Å². The van der Waals surface area contributed by atoms with Gasteiger partial charge >= 0.3 is 0 Å². The SMILES string of the molecule is COc1ccc(N=P(C)(N(C)C)N(C)C)cc1. The first kappa shape index (κ1) is 14.2. The van der Waals surface area contributed by atoms with Gasteiger partial charge in [-0.3, -0.25) is 9.34 Å². The molecule has 0 saturated carbocycles. The summed E-state index contributed by atoms with van der Waals surface area (Å²) in [5.74, 6) is 0.860. The molecule has 1 aromatic rings. The Morgan fingerprint density at radius 1 is 1.00 bits per heavy atom. The predicted molar refractivity (Wildman–Crippen MR) is 75.3 cm³/mol. The Morgan fingerprint density at radius 3 is 1.82 bits per heavy atom. The Bertz CT molecular complexity index is 400. The normalized spacial score (nSPS) is 12.0. The van der Waals surface area contributed by atoms with Crippen LogP contribution in [0.3, 0.4) is 0 Å². The highest BCUT2D eigenvalue weighted by Crippen LogP contribution is 2.51. The molecule has 4 nitrogen and oxygen atoms in total. The summed E-state index contributed by atoms with van der Waals surface area (Å²) in [7, 11) is 8.34. The van der Waals surface area contributed by atoms with E-state index in [4.69, 9.17) is 9.48 Å². The van der Waals surface area contributed by atoms with Crippen LogP contribution >= 0.6 is 7.36 Å². The molecule has 0 atom stereocenters. The van der Waals surface area contributed by atoms with E-state index in [9.17, 15) is 0 Å². The lowest BCUT2D eigenvalue weighted by Gasteiger charge is -2.33. The van der Waals surface area contributed by atoms with Crippen molar-refractivity contribution < 1.29 is 4.74 Å². The molecule has 17 heavy (non-hydrogen) atoms. The summed E-state index contributed by atoms with van der Waals surface area (Å²) in [5.41, 5.74) is 0.990. The van der Waals surface area contributed by atoms with Crippen LogP contribution in [-0.4, -0.2) is 51.3 Å². The lowest BCUT2D eigenvalue weighted by atomic mass is 10.3. The molecule has 1 aromatic carbocycles. The van der Waals surface area contributed by atoms with Gasteiger partial charge < -0.3 is 4.74 Å². The fraction of sp³-hybridized carbons (Fsp3) is 0.500. The highest BCUT2D eigenvalue weighted by molar-refractivity contribution is 7.60. The number of hydrogen-bond donors (Lipinski definition) is 0. The van der Waals surface area contributed by atoms with Crippen molar-refractivity contribution >= 4 is 13.0 Å². The summed E-state index contributed by atoms with van der Waals surface area (Å²) in [6.45, 7) is 2.19. The van der Waals surface area contributed by atoms with Crippen LogP contribution in [-0.2, 0) is 0 Å². The molecule has 96 valence electrons. The summed E-state index contributed by atoms with van der Waals surface area (Å²) in [6.07, 6.45) is 0. The molecule has 0 aliphatic heterocycles. The van der Waals surface area contributed by atoms with Gasteiger partial charge in [0, 0.05) is 0 Å². The van der Waals surface area contributed by atoms with E-state index in [2.05, 4.69) is 44.2 Å². The third-order valence-corrected chi connectivity index (χ3v) is 6.53. The van der Waals surface area contributed by atoms with Crippen LogP contribution in [0.15, 0.2) is 29.0 Å². The number of benzene rings is 1. The maximum absolute atomic E-state index is 5.14. The van der Waals surface area contributed by atoms with Crippen molar-refractivity contribution in [3.63, 3.8) is 0 Å². The lowest BCUT2D eigenvalue weighted by molar-refractivity contribution is 0.415. The largest absolute Gasteiger partial charge is 0.497 e. The fourth-order valence-electron chi connectivity index (χ4n) is 1.40. The van der Waals surface area contributed by atoms with Gasteiger partial charge in [0.1, 0.15) is 5.75 Å². The van der Waals surface area contributed by atoms with Gasteiger partial charge in [-0.15, -0.1) is 0 Å². The van der Waals surface area contributed by atoms with Crippen LogP contribution in [0.1, 0.15) is 0 Å². The van der Waals surface area contributed by atoms with Gasteiger partial charge in [0.05, 0.1) is 20.2 Å². The zero-order valence-corrected chi connectivity index (χ0v) is 12.4. The van der Waals surface area contributed by atoms with Crippen molar-refractivity contribution in [2.75, 3.05) is 42.0 Å². The second kappa shape index (κ2) is 5.67. The Hall–Kier alpha value is -0.830. The minimum absolute atomic E-state index is 0.860. The summed E-state index contributed by atoms with van der Waals surface area (Å²) >= 11 is 0. The van der Waals surface area contributed by atoms with Gasteiger partial charge in [0.25, 0.3) is 0 Å². The summed E-state index contributed by atoms with van der Waals surface area (Å²) < 4.78 is 14.4. The first-order valence-electron chi connectivity index (χ1n) is 5.49. The molecule has 0 heterocycles. The maximum Gasteiger partial charge on any atom is 0.119 e. The van der Waals surface area contributed by atoms with E-state index in [1.807, 2.05) is 24.3 Å². The molecule has 0 aliphatic rings. The lowest BCUT2D eigenvalue weighted by Crippen LogP contribution is -2.20. The third kappa shape index (κ3) is 3.32. The van der Waals surface area contributed by atoms with Crippen LogP contribution < -0.4 is 4.74 Å². The highest BCUT2D eigenvalue weighted by atomic mass is 31.2. The molecular weight excluding hydrogens is 233 g/mol. The summed E-state index contributed by atoms with van der Waals surface area (Å²) in [6, 6.07) is 7.86. The Morgan fingerprint density at radius 2 is 1.47 bits per heavy atom. The molecule has 0 aliphatic carbocycles. The van der Waals surface area contributed by atoms with Crippen molar-refractivity contribution in [3.05, 3.63) is 24.3 Å². The highest BCUT2D eigenvalue weighted by Gasteiger charge is 2.18. The van der Waals surface area contributed by atoms with Gasteiger partial charge in [0.2, 0.25) is 0 Å². The Kier molecular flexibility index (Phi) is 4.75. The zero-order chi connectivity index (χ0) is 13.1. The van der Waals surface area contributed by atoms with E-state index >= 15 is 0 Å². The molecule has 0 saturated heterocycles. The van der Waals surface area contributed by atoms with Crippen molar-refractivity contribution in [1.82, 2.24) is 9.34 Å². The third-order valence-electron chi connectivity index (χ3n) is 2.89. The zero-order valence-electron chi connectivity index (χ0n) is 11.5. The number of methoxy groups -OCH3 is 1. The molecule has 0 spiro atoms. The van der Waals surface area contributed by atoms with E-state index in [1.165, 1.54) is 0 Å². The van der Waals surface area contributed by atoms with Gasteiger partial charge in [-0.25, -0.2) is 4.74 Å². The van der Waals surface area contributed by atoms with Crippen molar-refractivity contribution in [3.8, 4) is 5.75 Å². The maximum atomic E-state index is 5.14. The predicted octanol–water partition coefficient (Wildman–Crippen LogP) is 3.11. The molecule has 5 heteroatoms. The average molecular weight is 255 g/mol. The number of rotatable bonds is 4. The standard InChI is InChI=1S/C12H22N3OP/c1-14(2)17(6,15(3)4)13-11-7-9-12(16-5)10-8-11/h7-10H,1-6H3. The average Bonchev–Trinajstić information content (AvgIpc) is 2.29. The van der Waals surface area contributed by atoms with Gasteiger partial charge in [-0.05, 0) is 59.1 Å². The summed E-state index contributed by atoms with van der Waals surface area (Å²) in [5, 5.41) is 0. The molecular formula is C12H22N3OP. The van der Waals surface area contributed by atoms with E-state index in [1.54, 1.807) is 7.11 Å². The molecule has 0 amide bonds. The topological polar surface area (TPSA) is 28.1 Å². The molecule has 0 bridgehead atoms. The summed E-state index contributed by atoms with van der Waals surface area (Å²) in [4.78, 5) is 0. The van der Waals surface area contributed by atoms with E-state index in [0.717, 1.165) is 11.4 Å². The van der Waals surface area contributed by atoms with Crippen LogP contribution in [0.4, 0.5) is 5.69 Å². The Balaban J connectivity index is 3.13. The monoisotopic (exact) mass is 255 g/mol. The fourth-order valence-corrected chi connectivity index (χ4v) is 3.05. The van der Waals surface area contributed by atoms with Crippen LogP contribution in [0.2, 0.25) is 0 Å². The van der Waals surface area contributed by atoms with Crippen molar-refractivity contribution in [2.24, 2.45) is 4.74 Å². The van der Waals surface area contributed by atoms with E-state index in [-0.39, 0.29) is 0 Å². The molecule has 0 radical (unpaired) electrons. The van der Waals surface area contributed by atoms with Gasteiger partial charge in [-0.1, -0.05) is 0 Å². The molecule has 0 fully saturated rings. The number of ether oxygens (including phenoxy) is 1. The minimum Gasteiger partial charge on any atom is -0.497 e. The minimum atomic E-state index is -1.61. The molecule has 0 unspecified atom stereocenters. The van der Waals surface area contributed by atoms with E-state index < -0.39 is 7.36 Å². The van der Waals surface area contributed by atoms with Crippen LogP contribution in [0, 0.1) is 0 Å². The number of hydrogen-bond acceptors (Lipinski definition) is 2. The molecule has 0 aromatic heterocycles. The van der Waals surface area contributed by atoms with Gasteiger partial charge in [0.15, 0.2) is 0 Å². The quantitative estimate of drug-likeness (QED) is 0.774. The second-order valence-corrected chi connectivity index (χ2v) is 7.90. The Labute approximate surface area is 104 Å². The van der Waals surface area contributed by atoms with Crippen LogP contribution in [0.5, 0.6) is 5.75 Å². The first-order valence-corrected chi connectivity index (χ1v) is 7.59. The van der Waals surface area contributed by atoms with Crippen LogP contribution in [0.25, 0.3) is 0 Å². The molecule has 0 N–H and O–H groups in total. The smallest absolute Gasteiger partial charge is 0.119 e.